The average molecular weight is 300 g/mol. The second-order valence-corrected chi connectivity index (χ2v) is 5.00. The number of methoxy groups -OCH3 is 1. The Labute approximate surface area is 120 Å². The molecule has 0 saturated carbocycles. The summed E-state index contributed by atoms with van der Waals surface area (Å²) >= 11 is 5.71. The van der Waals surface area contributed by atoms with Crippen LogP contribution in [-0.2, 0) is 9.53 Å². The van der Waals surface area contributed by atoms with Gasteiger partial charge in [-0.2, -0.15) is 0 Å². The Hall–Kier alpha value is -1.79. The van der Waals surface area contributed by atoms with E-state index in [9.17, 15) is 19.8 Å². The number of hydrogen-bond donors (Lipinski definition) is 2. The summed E-state index contributed by atoms with van der Waals surface area (Å²) in [6.45, 7) is 0.175. The number of ether oxygens (including phenoxy) is 1. The molecule has 7 heteroatoms. The number of phenolic OH excluding ortho intramolecular Hbond substituents is 1. The van der Waals surface area contributed by atoms with E-state index in [4.69, 9.17) is 16.3 Å². The molecule has 2 atom stereocenters. The Morgan fingerprint density at radius 2 is 2.15 bits per heavy atom. The number of phenols is 1. The number of carboxylic acid groups (broad SMARTS) is 1. The van der Waals surface area contributed by atoms with E-state index in [2.05, 4.69) is 0 Å². The molecule has 0 aromatic heterocycles. The first kappa shape index (κ1) is 14.6. The quantitative estimate of drug-likeness (QED) is 0.880. The summed E-state index contributed by atoms with van der Waals surface area (Å²) in [4.78, 5) is 24.8. The fourth-order valence-electron chi connectivity index (χ4n) is 2.27. The number of hydrogen-bond acceptors (Lipinski definition) is 4. The summed E-state index contributed by atoms with van der Waals surface area (Å²) in [6, 6.07) is 3.13. The number of rotatable bonds is 3. The number of benzene rings is 1. The second-order valence-electron chi connectivity index (χ2n) is 4.57. The number of aliphatic carboxylic acids is 1. The van der Waals surface area contributed by atoms with E-state index < -0.39 is 17.9 Å². The number of aromatic hydroxyl groups is 1. The topological polar surface area (TPSA) is 87.1 Å². The highest BCUT2D eigenvalue weighted by Gasteiger charge is 2.40. The van der Waals surface area contributed by atoms with E-state index in [1.165, 1.54) is 30.2 Å². The monoisotopic (exact) mass is 299 g/mol. The summed E-state index contributed by atoms with van der Waals surface area (Å²) in [5.74, 6) is -1.91. The van der Waals surface area contributed by atoms with Gasteiger partial charge in [-0.05, 0) is 18.2 Å². The minimum Gasteiger partial charge on any atom is -0.507 e. The van der Waals surface area contributed by atoms with Crippen LogP contribution in [0.15, 0.2) is 18.2 Å². The predicted molar refractivity (Wildman–Crippen MR) is 71.0 cm³/mol. The van der Waals surface area contributed by atoms with Crippen molar-refractivity contribution in [1.29, 1.82) is 0 Å². The SMILES string of the molecule is COC1CC(C(=O)O)N(C(=O)c2ccc(Cl)cc2O)C1. The van der Waals surface area contributed by atoms with Gasteiger partial charge in [0, 0.05) is 25.1 Å². The van der Waals surface area contributed by atoms with Crippen molar-refractivity contribution in [1.82, 2.24) is 4.90 Å². The van der Waals surface area contributed by atoms with Gasteiger partial charge in [0.15, 0.2) is 0 Å². The van der Waals surface area contributed by atoms with Crippen LogP contribution >= 0.6 is 11.6 Å². The molecule has 0 aliphatic carbocycles. The van der Waals surface area contributed by atoms with Crippen molar-refractivity contribution in [2.75, 3.05) is 13.7 Å². The van der Waals surface area contributed by atoms with Crippen LogP contribution in [0.5, 0.6) is 5.75 Å². The average Bonchev–Trinajstić information content (AvgIpc) is 2.82. The highest BCUT2D eigenvalue weighted by Crippen LogP contribution is 2.27. The molecule has 2 rings (SSSR count). The molecule has 0 bridgehead atoms. The molecule has 1 amide bonds. The predicted octanol–water partition coefficient (Wildman–Crippen LogP) is 1.36. The number of nitrogens with zero attached hydrogens (tertiary/aromatic N) is 1. The minimum absolute atomic E-state index is 0.0254. The van der Waals surface area contributed by atoms with Gasteiger partial charge in [0.25, 0.3) is 5.91 Å². The van der Waals surface area contributed by atoms with E-state index in [0.717, 1.165) is 0 Å². The molecule has 2 N–H and O–H groups in total. The lowest BCUT2D eigenvalue weighted by Crippen LogP contribution is -2.40. The van der Waals surface area contributed by atoms with Gasteiger partial charge in [-0.3, -0.25) is 4.79 Å². The fraction of sp³-hybridized carbons (Fsp3) is 0.385. The number of likely N-dealkylation sites (tertiary alicyclic amines) is 1. The Morgan fingerprint density at radius 3 is 2.70 bits per heavy atom. The van der Waals surface area contributed by atoms with Gasteiger partial charge < -0.3 is 19.8 Å². The van der Waals surface area contributed by atoms with Crippen LogP contribution in [0, 0.1) is 0 Å². The van der Waals surface area contributed by atoms with Gasteiger partial charge in [0.2, 0.25) is 0 Å². The lowest BCUT2D eigenvalue weighted by Gasteiger charge is -2.21. The zero-order chi connectivity index (χ0) is 14.9. The van der Waals surface area contributed by atoms with E-state index in [0.29, 0.717) is 5.02 Å². The Bertz CT molecular complexity index is 548. The molecule has 1 heterocycles. The molecule has 1 aromatic rings. The van der Waals surface area contributed by atoms with Crippen molar-refractivity contribution in [2.45, 2.75) is 18.6 Å². The third kappa shape index (κ3) is 2.71. The molecular weight excluding hydrogens is 286 g/mol. The maximum atomic E-state index is 12.4. The van der Waals surface area contributed by atoms with Gasteiger partial charge in [0.1, 0.15) is 11.8 Å². The molecule has 20 heavy (non-hydrogen) atoms. The number of carbonyl (C=O) groups excluding carboxylic acids is 1. The zero-order valence-electron chi connectivity index (χ0n) is 10.7. The van der Waals surface area contributed by atoms with Crippen LogP contribution in [0.25, 0.3) is 0 Å². The minimum atomic E-state index is -1.09. The Morgan fingerprint density at radius 1 is 1.45 bits per heavy atom. The molecule has 1 aliphatic heterocycles. The first-order valence-electron chi connectivity index (χ1n) is 5.99. The normalized spacial score (nSPS) is 22.0. The van der Waals surface area contributed by atoms with Crippen LogP contribution in [0.2, 0.25) is 5.02 Å². The maximum Gasteiger partial charge on any atom is 0.326 e. The summed E-state index contributed by atoms with van der Waals surface area (Å²) in [7, 11) is 1.47. The fourth-order valence-corrected chi connectivity index (χ4v) is 2.43. The highest BCUT2D eigenvalue weighted by molar-refractivity contribution is 6.30. The molecule has 108 valence electrons. The van der Waals surface area contributed by atoms with Crippen LogP contribution in [-0.4, -0.2) is 52.8 Å². The van der Waals surface area contributed by atoms with Gasteiger partial charge in [0.05, 0.1) is 11.7 Å². The van der Waals surface area contributed by atoms with Crippen LogP contribution < -0.4 is 0 Å². The molecule has 0 spiro atoms. The van der Waals surface area contributed by atoms with Gasteiger partial charge >= 0.3 is 5.97 Å². The van der Waals surface area contributed by atoms with Crippen molar-refractivity contribution < 1.29 is 24.5 Å². The number of carboxylic acids is 1. The number of halogens is 1. The van der Waals surface area contributed by atoms with Crippen molar-refractivity contribution in [3.8, 4) is 5.75 Å². The molecule has 1 saturated heterocycles. The number of carbonyl (C=O) groups is 2. The maximum absolute atomic E-state index is 12.4. The molecule has 1 aliphatic rings. The molecular formula is C13H14ClNO5. The summed E-state index contributed by atoms with van der Waals surface area (Å²) in [5.41, 5.74) is 0.0254. The van der Waals surface area contributed by atoms with E-state index in [-0.39, 0.29) is 30.4 Å². The summed E-state index contributed by atoms with van der Waals surface area (Å²) in [5, 5.41) is 19.2. The van der Waals surface area contributed by atoms with Crippen LogP contribution in [0.3, 0.4) is 0 Å². The van der Waals surface area contributed by atoms with Gasteiger partial charge in [-0.15, -0.1) is 0 Å². The third-order valence-corrected chi connectivity index (χ3v) is 3.57. The smallest absolute Gasteiger partial charge is 0.326 e. The molecule has 0 radical (unpaired) electrons. The standard InChI is InChI=1S/C13H14ClNO5/c1-20-8-5-10(13(18)19)15(6-8)12(17)9-3-2-7(14)4-11(9)16/h2-4,8,10,16H,5-6H2,1H3,(H,18,19). The summed E-state index contributed by atoms with van der Waals surface area (Å²) < 4.78 is 5.12. The van der Waals surface area contributed by atoms with Crippen LogP contribution in [0.1, 0.15) is 16.8 Å². The first-order chi connectivity index (χ1) is 9.43. The van der Waals surface area contributed by atoms with E-state index in [1.807, 2.05) is 0 Å². The lowest BCUT2D eigenvalue weighted by atomic mass is 10.1. The van der Waals surface area contributed by atoms with Crippen molar-refractivity contribution in [3.63, 3.8) is 0 Å². The Balaban J connectivity index is 2.29. The zero-order valence-corrected chi connectivity index (χ0v) is 11.5. The number of amides is 1. The molecule has 2 unspecified atom stereocenters. The second kappa shape index (κ2) is 5.68. The summed E-state index contributed by atoms with van der Waals surface area (Å²) in [6.07, 6.45) is -0.0964. The van der Waals surface area contributed by atoms with Gasteiger partial charge in [-0.25, -0.2) is 4.79 Å². The highest BCUT2D eigenvalue weighted by atomic mass is 35.5. The third-order valence-electron chi connectivity index (χ3n) is 3.33. The van der Waals surface area contributed by atoms with E-state index in [1.54, 1.807) is 0 Å². The van der Waals surface area contributed by atoms with E-state index >= 15 is 0 Å². The lowest BCUT2D eigenvalue weighted by molar-refractivity contribution is -0.141. The van der Waals surface area contributed by atoms with Gasteiger partial charge in [-0.1, -0.05) is 11.6 Å². The first-order valence-corrected chi connectivity index (χ1v) is 6.37. The van der Waals surface area contributed by atoms with Crippen molar-refractivity contribution in [3.05, 3.63) is 28.8 Å². The van der Waals surface area contributed by atoms with Crippen molar-refractivity contribution >= 4 is 23.5 Å². The molecule has 1 fully saturated rings. The molecule has 1 aromatic carbocycles. The van der Waals surface area contributed by atoms with Crippen LogP contribution in [0.4, 0.5) is 0 Å². The Kier molecular flexibility index (Phi) is 4.15. The molecule has 6 nitrogen and oxygen atoms in total. The van der Waals surface area contributed by atoms with Crippen molar-refractivity contribution in [2.24, 2.45) is 0 Å². The largest absolute Gasteiger partial charge is 0.507 e.